The van der Waals surface area contributed by atoms with E-state index in [1.165, 1.54) is 4.90 Å². The van der Waals surface area contributed by atoms with Gasteiger partial charge in [-0.2, -0.15) is 0 Å². The van der Waals surface area contributed by atoms with Gasteiger partial charge < -0.3 is 10.2 Å². The summed E-state index contributed by atoms with van der Waals surface area (Å²) >= 11 is 0. The van der Waals surface area contributed by atoms with Crippen molar-refractivity contribution in [2.75, 3.05) is 25.4 Å². The Bertz CT molecular complexity index is 898. The molecule has 1 fully saturated rings. The monoisotopic (exact) mass is 386 g/mol. The van der Waals surface area contributed by atoms with E-state index in [0.29, 0.717) is 18.5 Å². The van der Waals surface area contributed by atoms with Crippen LogP contribution in [0.2, 0.25) is 0 Å². The Labute approximate surface area is 159 Å². The summed E-state index contributed by atoms with van der Waals surface area (Å²) in [5.41, 5.74) is 1.23. The Balaban J connectivity index is 1.61. The number of amides is 2. The van der Waals surface area contributed by atoms with Crippen LogP contribution in [-0.2, 0) is 14.6 Å². The van der Waals surface area contributed by atoms with Gasteiger partial charge in [0.25, 0.3) is 5.91 Å². The van der Waals surface area contributed by atoms with Gasteiger partial charge in [0, 0.05) is 18.7 Å². The second-order valence-electron chi connectivity index (χ2n) is 6.48. The van der Waals surface area contributed by atoms with Crippen molar-refractivity contribution < 1.29 is 18.0 Å². The van der Waals surface area contributed by atoms with Crippen molar-refractivity contribution in [1.29, 1.82) is 0 Å². The lowest BCUT2D eigenvalue weighted by atomic mass is 10.1. The van der Waals surface area contributed by atoms with Crippen LogP contribution in [0.25, 0.3) is 0 Å². The number of hydrogen-bond acceptors (Lipinski definition) is 4. The zero-order chi connectivity index (χ0) is 19.3. The van der Waals surface area contributed by atoms with E-state index >= 15 is 0 Å². The third kappa shape index (κ3) is 4.74. The first-order valence-corrected chi connectivity index (χ1v) is 10.6. The average molecular weight is 386 g/mol. The molecule has 3 rings (SSSR count). The number of carbonyl (C=O) groups is 2. The molecule has 2 aromatic rings. The first-order chi connectivity index (χ1) is 13.0. The Kier molecular flexibility index (Phi) is 5.91. The molecule has 0 saturated carbocycles. The number of nitrogens with zero attached hydrogens (tertiary/aromatic N) is 1. The summed E-state index contributed by atoms with van der Waals surface area (Å²) in [5.74, 6) is -0.679. The number of rotatable bonds is 4. The van der Waals surface area contributed by atoms with Crippen LogP contribution in [0.5, 0.6) is 0 Å². The summed E-state index contributed by atoms with van der Waals surface area (Å²) in [4.78, 5) is 26.0. The van der Waals surface area contributed by atoms with Crippen LogP contribution in [0.3, 0.4) is 0 Å². The van der Waals surface area contributed by atoms with Gasteiger partial charge in [-0.15, -0.1) is 0 Å². The molecule has 0 aromatic heterocycles. The zero-order valence-corrected chi connectivity index (χ0v) is 15.7. The molecular weight excluding hydrogens is 364 g/mol. The van der Waals surface area contributed by atoms with Crippen molar-refractivity contribution in [3.05, 3.63) is 71.8 Å². The number of nitrogens with one attached hydrogen (secondary N) is 1. The Morgan fingerprint density at radius 2 is 1.59 bits per heavy atom. The molecule has 1 heterocycles. The van der Waals surface area contributed by atoms with Crippen LogP contribution in [-0.4, -0.2) is 50.5 Å². The molecule has 0 bridgehead atoms. The minimum Gasteiger partial charge on any atom is -0.343 e. The maximum absolute atomic E-state index is 12.6. The minimum absolute atomic E-state index is 0.0784. The molecule has 2 amide bonds. The van der Waals surface area contributed by atoms with Crippen molar-refractivity contribution in [3.8, 4) is 0 Å². The van der Waals surface area contributed by atoms with E-state index in [4.69, 9.17) is 0 Å². The van der Waals surface area contributed by atoms with Gasteiger partial charge in [0.1, 0.15) is 0 Å². The fourth-order valence-corrected chi connectivity index (χ4v) is 4.99. The predicted octanol–water partition coefficient (Wildman–Crippen LogP) is 1.80. The lowest BCUT2D eigenvalue weighted by Gasteiger charge is -2.20. The average Bonchev–Trinajstić information content (AvgIpc) is 2.85. The number of carbonyl (C=O) groups excluding carboxylic acids is 2. The van der Waals surface area contributed by atoms with Gasteiger partial charge in [-0.05, 0) is 24.1 Å². The molecule has 2 aromatic carbocycles. The topological polar surface area (TPSA) is 83.6 Å². The number of benzene rings is 2. The second-order valence-corrected chi connectivity index (χ2v) is 8.79. The standard InChI is InChI=1S/C20H22N2O4S/c23-19(15-21-20(24)17-9-5-2-6-10-17)22-12-11-18(27(25,26)14-13-22)16-7-3-1-4-8-16/h1-10,18H,11-15H2,(H,21,24). The van der Waals surface area contributed by atoms with Crippen LogP contribution in [0.1, 0.15) is 27.6 Å². The van der Waals surface area contributed by atoms with E-state index in [0.717, 1.165) is 5.56 Å². The third-order valence-corrected chi connectivity index (χ3v) is 6.83. The molecule has 1 saturated heterocycles. The summed E-state index contributed by atoms with van der Waals surface area (Å²) in [6.07, 6.45) is 0.352. The highest BCUT2D eigenvalue weighted by Crippen LogP contribution is 2.29. The minimum atomic E-state index is -3.33. The van der Waals surface area contributed by atoms with Gasteiger partial charge >= 0.3 is 0 Å². The maximum atomic E-state index is 12.6. The first kappa shape index (κ1) is 19.1. The lowest BCUT2D eigenvalue weighted by molar-refractivity contribution is -0.129. The van der Waals surface area contributed by atoms with Crippen LogP contribution >= 0.6 is 0 Å². The van der Waals surface area contributed by atoms with Crippen molar-refractivity contribution >= 4 is 21.7 Å². The SMILES string of the molecule is O=C(NCC(=O)N1CCC(c2ccccc2)S(=O)(=O)CC1)c1ccccc1. The molecule has 1 N–H and O–H groups in total. The van der Waals surface area contributed by atoms with Crippen molar-refractivity contribution in [1.82, 2.24) is 10.2 Å². The van der Waals surface area contributed by atoms with E-state index in [1.807, 2.05) is 24.3 Å². The molecule has 1 atom stereocenters. The van der Waals surface area contributed by atoms with E-state index in [-0.39, 0.29) is 30.7 Å². The fraction of sp³-hybridized carbons (Fsp3) is 0.300. The van der Waals surface area contributed by atoms with Gasteiger partial charge in [0.05, 0.1) is 17.5 Å². The number of hydrogen-bond donors (Lipinski definition) is 1. The molecule has 7 heteroatoms. The Hall–Kier alpha value is -2.67. The molecular formula is C20H22N2O4S. The summed E-state index contributed by atoms with van der Waals surface area (Å²) in [7, 11) is -3.33. The number of sulfone groups is 1. The van der Waals surface area contributed by atoms with Gasteiger partial charge in [-0.25, -0.2) is 8.42 Å². The predicted molar refractivity (Wildman–Crippen MR) is 103 cm³/mol. The molecule has 1 unspecified atom stereocenters. The molecule has 6 nitrogen and oxygen atoms in total. The molecule has 1 aliphatic heterocycles. The smallest absolute Gasteiger partial charge is 0.251 e. The molecule has 0 spiro atoms. The highest BCUT2D eigenvalue weighted by molar-refractivity contribution is 7.91. The third-order valence-electron chi connectivity index (χ3n) is 4.70. The van der Waals surface area contributed by atoms with Gasteiger partial charge in [-0.3, -0.25) is 9.59 Å². The molecule has 27 heavy (non-hydrogen) atoms. The second kappa shape index (κ2) is 8.35. The lowest BCUT2D eigenvalue weighted by Crippen LogP contribution is -2.41. The van der Waals surface area contributed by atoms with Crippen LogP contribution < -0.4 is 5.32 Å². The van der Waals surface area contributed by atoms with E-state index in [9.17, 15) is 18.0 Å². The van der Waals surface area contributed by atoms with E-state index in [1.54, 1.807) is 36.4 Å². The van der Waals surface area contributed by atoms with Crippen LogP contribution in [0.4, 0.5) is 0 Å². The van der Waals surface area contributed by atoms with Gasteiger partial charge in [0.15, 0.2) is 9.84 Å². The van der Waals surface area contributed by atoms with Gasteiger partial charge in [-0.1, -0.05) is 48.5 Å². The van der Waals surface area contributed by atoms with Gasteiger partial charge in [0.2, 0.25) is 5.91 Å². The van der Waals surface area contributed by atoms with Crippen molar-refractivity contribution in [2.45, 2.75) is 11.7 Å². The Morgan fingerprint density at radius 1 is 0.963 bits per heavy atom. The zero-order valence-electron chi connectivity index (χ0n) is 14.9. The summed E-state index contributed by atoms with van der Waals surface area (Å²) in [5, 5.41) is 2.00. The fourth-order valence-electron chi connectivity index (χ4n) is 3.19. The summed E-state index contributed by atoms with van der Waals surface area (Å²) < 4.78 is 25.2. The molecule has 0 radical (unpaired) electrons. The first-order valence-electron chi connectivity index (χ1n) is 8.85. The highest BCUT2D eigenvalue weighted by atomic mass is 32.2. The summed E-state index contributed by atoms with van der Waals surface area (Å²) in [6.45, 7) is 0.342. The molecule has 0 aliphatic carbocycles. The quantitative estimate of drug-likeness (QED) is 0.869. The van der Waals surface area contributed by atoms with Crippen LogP contribution in [0, 0.1) is 0 Å². The summed E-state index contributed by atoms with van der Waals surface area (Å²) in [6, 6.07) is 17.7. The van der Waals surface area contributed by atoms with Crippen molar-refractivity contribution in [2.24, 2.45) is 0 Å². The normalized spacial score (nSPS) is 19.1. The Morgan fingerprint density at radius 3 is 2.26 bits per heavy atom. The van der Waals surface area contributed by atoms with E-state index < -0.39 is 15.1 Å². The van der Waals surface area contributed by atoms with Crippen LogP contribution in [0.15, 0.2) is 60.7 Å². The molecule has 142 valence electrons. The maximum Gasteiger partial charge on any atom is 0.251 e. The largest absolute Gasteiger partial charge is 0.343 e. The van der Waals surface area contributed by atoms with E-state index in [2.05, 4.69) is 5.32 Å². The van der Waals surface area contributed by atoms with Crippen molar-refractivity contribution in [3.63, 3.8) is 0 Å². The highest BCUT2D eigenvalue weighted by Gasteiger charge is 2.32. The molecule has 1 aliphatic rings.